The van der Waals surface area contributed by atoms with Gasteiger partial charge in [0.1, 0.15) is 0 Å². The van der Waals surface area contributed by atoms with E-state index in [0.717, 1.165) is 16.5 Å². The molecular weight excluding hydrogens is 382 g/mol. The van der Waals surface area contributed by atoms with Gasteiger partial charge < -0.3 is 0 Å². The molecule has 1 aliphatic carbocycles. The Morgan fingerprint density at radius 3 is 2.56 bits per heavy atom. The monoisotopic (exact) mass is 399 g/mol. The number of amides is 1. The standard InChI is InChI=1S/C21H18ClNO3S/c1-21(13-12-15-8-4-10-17(22)19(15)21)20(24)23-27(25,26)18-11-5-7-14-6-2-3-9-16(14)18/h2-11H,12-13H2,1H3,(H,23,24)/t21-/m1/s1. The Morgan fingerprint density at radius 2 is 1.74 bits per heavy atom. The quantitative estimate of drug-likeness (QED) is 0.717. The summed E-state index contributed by atoms with van der Waals surface area (Å²) >= 11 is 6.34. The van der Waals surface area contributed by atoms with Crippen LogP contribution in [0.5, 0.6) is 0 Å². The van der Waals surface area contributed by atoms with Crippen LogP contribution in [0.1, 0.15) is 24.5 Å². The highest BCUT2D eigenvalue weighted by Gasteiger charge is 2.44. The number of carbonyl (C=O) groups is 1. The molecule has 27 heavy (non-hydrogen) atoms. The summed E-state index contributed by atoms with van der Waals surface area (Å²) in [4.78, 5) is 13.2. The van der Waals surface area contributed by atoms with E-state index >= 15 is 0 Å². The molecule has 3 aromatic carbocycles. The van der Waals surface area contributed by atoms with Gasteiger partial charge in [-0.25, -0.2) is 13.1 Å². The zero-order chi connectivity index (χ0) is 19.2. The summed E-state index contributed by atoms with van der Waals surface area (Å²) < 4.78 is 28.3. The van der Waals surface area contributed by atoms with Gasteiger partial charge >= 0.3 is 0 Å². The number of nitrogens with one attached hydrogen (secondary N) is 1. The van der Waals surface area contributed by atoms with E-state index in [1.807, 2.05) is 30.3 Å². The number of hydrogen-bond acceptors (Lipinski definition) is 3. The first-order chi connectivity index (χ1) is 12.8. The lowest BCUT2D eigenvalue weighted by Crippen LogP contribution is -2.43. The first-order valence-corrected chi connectivity index (χ1v) is 10.5. The van der Waals surface area contributed by atoms with Crippen molar-refractivity contribution >= 4 is 38.3 Å². The topological polar surface area (TPSA) is 63.2 Å². The van der Waals surface area contributed by atoms with Crippen LogP contribution in [0.2, 0.25) is 5.02 Å². The summed E-state index contributed by atoms with van der Waals surface area (Å²) in [6.45, 7) is 1.75. The van der Waals surface area contributed by atoms with Crippen LogP contribution < -0.4 is 4.72 Å². The van der Waals surface area contributed by atoms with Crippen molar-refractivity contribution in [3.05, 3.63) is 76.8 Å². The molecule has 1 N–H and O–H groups in total. The van der Waals surface area contributed by atoms with E-state index in [1.165, 1.54) is 6.07 Å². The van der Waals surface area contributed by atoms with Crippen LogP contribution in [-0.2, 0) is 26.7 Å². The van der Waals surface area contributed by atoms with Gasteiger partial charge in [-0.05, 0) is 48.4 Å². The van der Waals surface area contributed by atoms with Crippen LogP contribution in [0, 0.1) is 0 Å². The van der Waals surface area contributed by atoms with Crippen LogP contribution in [-0.4, -0.2) is 14.3 Å². The normalized spacial score (nSPS) is 19.0. The van der Waals surface area contributed by atoms with E-state index in [-0.39, 0.29) is 4.90 Å². The number of fused-ring (bicyclic) bond motifs is 2. The average Bonchev–Trinajstić information content (AvgIpc) is 3.00. The Hall–Kier alpha value is -2.37. The molecule has 3 aromatic rings. The molecule has 4 rings (SSSR count). The number of hydrogen-bond donors (Lipinski definition) is 1. The molecular formula is C21H18ClNO3S. The summed E-state index contributed by atoms with van der Waals surface area (Å²) in [5.74, 6) is -0.553. The molecule has 0 radical (unpaired) electrons. The highest BCUT2D eigenvalue weighted by atomic mass is 35.5. The summed E-state index contributed by atoms with van der Waals surface area (Å²) in [5.41, 5.74) is 0.728. The third-order valence-electron chi connectivity index (χ3n) is 5.31. The lowest BCUT2D eigenvalue weighted by molar-refractivity contribution is -0.124. The van der Waals surface area contributed by atoms with Gasteiger partial charge in [0.05, 0.1) is 10.3 Å². The summed E-state index contributed by atoms with van der Waals surface area (Å²) in [5, 5.41) is 1.87. The molecule has 0 aromatic heterocycles. The van der Waals surface area contributed by atoms with Crippen molar-refractivity contribution in [2.75, 3.05) is 0 Å². The molecule has 0 spiro atoms. The van der Waals surface area contributed by atoms with Gasteiger partial charge in [-0.3, -0.25) is 4.79 Å². The maximum atomic E-state index is 13.1. The molecule has 1 atom stereocenters. The van der Waals surface area contributed by atoms with Crippen molar-refractivity contribution in [1.82, 2.24) is 4.72 Å². The Labute approximate surface area is 163 Å². The first kappa shape index (κ1) is 18.0. The molecule has 0 aliphatic heterocycles. The van der Waals surface area contributed by atoms with E-state index < -0.39 is 21.3 Å². The molecule has 0 saturated heterocycles. The largest absolute Gasteiger partial charge is 0.273 e. The average molecular weight is 400 g/mol. The Bertz CT molecular complexity index is 1170. The first-order valence-electron chi connectivity index (χ1n) is 8.66. The maximum absolute atomic E-state index is 13.1. The molecule has 0 bridgehead atoms. The van der Waals surface area contributed by atoms with Gasteiger partial charge in [-0.2, -0.15) is 0 Å². The molecule has 0 fully saturated rings. The lowest BCUT2D eigenvalue weighted by Gasteiger charge is -2.25. The van der Waals surface area contributed by atoms with Crippen LogP contribution in [0.3, 0.4) is 0 Å². The second-order valence-corrected chi connectivity index (χ2v) is 9.08. The maximum Gasteiger partial charge on any atom is 0.264 e. The summed E-state index contributed by atoms with van der Waals surface area (Å²) in [6.07, 6.45) is 1.21. The van der Waals surface area contributed by atoms with E-state index in [4.69, 9.17) is 11.6 Å². The highest BCUT2D eigenvalue weighted by Crippen LogP contribution is 2.43. The fourth-order valence-corrected chi connectivity index (χ4v) is 5.57. The summed E-state index contributed by atoms with van der Waals surface area (Å²) in [7, 11) is -4.02. The predicted molar refractivity (Wildman–Crippen MR) is 106 cm³/mol. The third kappa shape index (κ3) is 2.91. The second kappa shape index (κ2) is 6.36. The second-order valence-electron chi connectivity index (χ2n) is 7.02. The van der Waals surface area contributed by atoms with Gasteiger partial charge in [0, 0.05) is 10.4 Å². The molecule has 0 heterocycles. The van der Waals surface area contributed by atoms with Crippen molar-refractivity contribution in [2.45, 2.75) is 30.1 Å². The smallest absolute Gasteiger partial charge is 0.264 e. The van der Waals surface area contributed by atoms with Crippen molar-refractivity contribution in [3.8, 4) is 0 Å². The minimum absolute atomic E-state index is 0.0925. The highest BCUT2D eigenvalue weighted by molar-refractivity contribution is 7.90. The number of rotatable bonds is 3. The molecule has 1 amide bonds. The SMILES string of the molecule is C[C@@]1(C(=O)NS(=O)(=O)c2cccc3ccccc23)CCc2cccc(Cl)c21. The van der Waals surface area contributed by atoms with Crippen molar-refractivity contribution < 1.29 is 13.2 Å². The van der Waals surface area contributed by atoms with Crippen LogP contribution >= 0.6 is 11.6 Å². The number of halogens is 1. The van der Waals surface area contributed by atoms with Crippen molar-refractivity contribution in [3.63, 3.8) is 0 Å². The molecule has 0 saturated carbocycles. The van der Waals surface area contributed by atoms with E-state index in [1.54, 1.807) is 31.2 Å². The van der Waals surface area contributed by atoms with E-state index in [2.05, 4.69) is 4.72 Å². The van der Waals surface area contributed by atoms with Crippen molar-refractivity contribution in [2.24, 2.45) is 0 Å². The van der Waals surface area contributed by atoms with Crippen LogP contribution in [0.25, 0.3) is 10.8 Å². The number of aryl methyl sites for hydroxylation is 1. The number of carbonyl (C=O) groups excluding carboxylic acids is 1. The van der Waals surface area contributed by atoms with Gasteiger partial charge in [-0.1, -0.05) is 60.1 Å². The van der Waals surface area contributed by atoms with Gasteiger partial charge in [0.15, 0.2) is 0 Å². The third-order valence-corrected chi connectivity index (χ3v) is 7.02. The molecule has 0 unspecified atom stereocenters. The molecule has 138 valence electrons. The van der Waals surface area contributed by atoms with Gasteiger partial charge in [0.2, 0.25) is 5.91 Å². The van der Waals surface area contributed by atoms with Crippen LogP contribution in [0.15, 0.2) is 65.6 Å². The van der Waals surface area contributed by atoms with E-state index in [9.17, 15) is 13.2 Å². The minimum Gasteiger partial charge on any atom is -0.273 e. The van der Waals surface area contributed by atoms with Crippen molar-refractivity contribution in [1.29, 1.82) is 0 Å². The number of benzene rings is 3. The van der Waals surface area contributed by atoms with Gasteiger partial charge in [0.25, 0.3) is 10.0 Å². The molecule has 4 nitrogen and oxygen atoms in total. The molecule has 1 aliphatic rings. The minimum atomic E-state index is -4.02. The Morgan fingerprint density at radius 1 is 1.04 bits per heavy atom. The van der Waals surface area contributed by atoms with Gasteiger partial charge in [-0.15, -0.1) is 0 Å². The summed E-state index contributed by atoms with van der Waals surface area (Å²) in [6, 6.07) is 17.7. The number of sulfonamides is 1. The fourth-order valence-electron chi connectivity index (χ4n) is 3.85. The van der Waals surface area contributed by atoms with Crippen LogP contribution in [0.4, 0.5) is 0 Å². The zero-order valence-corrected chi connectivity index (χ0v) is 16.3. The zero-order valence-electron chi connectivity index (χ0n) is 14.7. The fraction of sp³-hybridized carbons (Fsp3) is 0.190. The molecule has 6 heteroatoms. The Kier molecular flexibility index (Phi) is 4.24. The lowest BCUT2D eigenvalue weighted by atomic mass is 9.83. The predicted octanol–water partition coefficient (Wildman–Crippen LogP) is 4.20. The Balaban J connectivity index is 1.73. The van der Waals surface area contributed by atoms with E-state index in [0.29, 0.717) is 23.3 Å².